The van der Waals surface area contributed by atoms with Crippen LogP contribution in [0.1, 0.15) is 59.9 Å². The highest BCUT2D eigenvalue weighted by Gasteiger charge is 2.52. The lowest BCUT2D eigenvalue weighted by Gasteiger charge is -2.41. The van der Waals surface area contributed by atoms with E-state index in [1.165, 1.54) is 0 Å². The largest absolute Gasteiger partial charge is 0.497 e. The van der Waals surface area contributed by atoms with E-state index < -0.39 is 23.9 Å². The lowest BCUT2D eigenvalue weighted by Crippen LogP contribution is -2.52. The Morgan fingerprint density at radius 3 is 2.21 bits per heavy atom. The van der Waals surface area contributed by atoms with E-state index in [0.717, 1.165) is 16.8 Å². The molecular formula is C21H32BNO5. The summed E-state index contributed by atoms with van der Waals surface area (Å²) in [5, 5.41) is 0. The normalized spacial score (nSPS) is 21.4. The van der Waals surface area contributed by atoms with Gasteiger partial charge >= 0.3 is 13.2 Å². The van der Waals surface area contributed by atoms with Crippen LogP contribution in [0, 0.1) is 0 Å². The maximum atomic E-state index is 12.3. The van der Waals surface area contributed by atoms with Crippen LogP contribution in [-0.4, -0.2) is 55.1 Å². The Balaban J connectivity index is 1.80. The zero-order valence-electron chi connectivity index (χ0n) is 18.3. The first-order chi connectivity index (χ1) is 12.8. The molecule has 0 saturated carbocycles. The molecule has 0 atom stereocenters. The number of amides is 1. The molecule has 1 aromatic rings. The van der Waals surface area contributed by atoms with Crippen molar-refractivity contribution in [2.75, 3.05) is 20.2 Å². The number of ether oxygens (including phenoxy) is 2. The van der Waals surface area contributed by atoms with Gasteiger partial charge in [0.05, 0.1) is 18.3 Å². The molecule has 0 spiro atoms. The van der Waals surface area contributed by atoms with Crippen LogP contribution in [0.3, 0.4) is 0 Å². The van der Waals surface area contributed by atoms with Crippen LogP contribution in [-0.2, 0) is 14.0 Å². The van der Waals surface area contributed by atoms with Crippen LogP contribution in [0.5, 0.6) is 5.75 Å². The fourth-order valence-electron chi connectivity index (χ4n) is 3.37. The summed E-state index contributed by atoms with van der Waals surface area (Å²) in [6.45, 7) is 15.0. The summed E-state index contributed by atoms with van der Waals surface area (Å²) in [4.78, 5) is 14.0. The maximum absolute atomic E-state index is 12.3. The number of benzene rings is 1. The predicted molar refractivity (Wildman–Crippen MR) is 109 cm³/mol. The van der Waals surface area contributed by atoms with Crippen molar-refractivity contribution in [2.24, 2.45) is 0 Å². The van der Waals surface area contributed by atoms with Gasteiger partial charge in [-0.2, -0.15) is 0 Å². The first-order valence-electron chi connectivity index (χ1n) is 9.84. The molecule has 1 amide bonds. The molecule has 154 valence electrons. The number of nitrogens with zero attached hydrogens (tertiary/aromatic N) is 1. The number of rotatable bonds is 3. The van der Waals surface area contributed by atoms with E-state index in [9.17, 15) is 4.79 Å². The van der Waals surface area contributed by atoms with Gasteiger partial charge in [0.25, 0.3) is 0 Å². The van der Waals surface area contributed by atoms with Crippen molar-refractivity contribution in [3.8, 4) is 5.75 Å². The molecule has 0 bridgehead atoms. The van der Waals surface area contributed by atoms with Gasteiger partial charge in [0.1, 0.15) is 11.4 Å². The van der Waals surface area contributed by atoms with E-state index in [2.05, 4.69) is 0 Å². The van der Waals surface area contributed by atoms with Gasteiger partial charge in [-0.3, -0.25) is 0 Å². The predicted octanol–water partition coefficient (Wildman–Crippen LogP) is 3.33. The van der Waals surface area contributed by atoms with Crippen molar-refractivity contribution < 1.29 is 23.6 Å². The van der Waals surface area contributed by atoms with Gasteiger partial charge < -0.3 is 23.7 Å². The SMILES string of the molecule is COc1ccc(B2OC(C)(C)C(C)(C)O2)c(C2CN(C(=O)OC(C)(C)C)C2)c1. The molecule has 2 aliphatic heterocycles. The van der Waals surface area contributed by atoms with Crippen LogP contribution in [0.4, 0.5) is 4.79 Å². The molecule has 3 rings (SSSR count). The topological polar surface area (TPSA) is 57.2 Å². The molecule has 0 aromatic heterocycles. The van der Waals surface area contributed by atoms with Crippen LogP contribution in [0.25, 0.3) is 0 Å². The van der Waals surface area contributed by atoms with E-state index in [0.29, 0.717) is 13.1 Å². The average molecular weight is 389 g/mol. The van der Waals surface area contributed by atoms with Gasteiger partial charge in [0, 0.05) is 19.0 Å². The van der Waals surface area contributed by atoms with Crippen molar-refractivity contribution in [1.29, 1.82) is 0 Å². The molecule has 6 nitrogen and oxygen atoms in total. The van der Waals surface area contributed by atoms with E-state index in [1.54, 1.807) is 12.0 Å². The van der Waals surface area contributed by atoms with Gasteiger partial charge in [0.2, 0.25) is 0 Å². The molecule has 1 aromatic carbocycles. The molecule has 0 unspecified atom stereocenters. The summed E-state index contributed by atoms with van der Waals surface area (Å²) in [7, 11) is 1.21. The van der Waals surface area contributed by atoms with Crippen molar-refractivity contribution in [3.05, 3.63) is 23.8 Å². The Morgan fingerprint density at radius 1 is 1.14 bits per heavy atom. The minimum Gasteiger partial charge on any atom is -0.497 e. The van der Waals surface area contributed by atoms with Crippen molar-refractivity contribution in [3.63, 3.8) is 0 Å². The number of carbonyl (C=O) groups is 1. The minimum atomic E-state index is -0.494. The van der Waals surface area contributed by atoms with E-state index >= 15 is 0 Å². The standard InChI is InChI=1S/C21H32BNO5/c1-19(2,3)26-18(24)23-12-14(13-23)16-11-15(25-8)9-10-17(16)22-27-20(4,5)21(6,7)28-22/h9-11,14H,12-13H2,1-8H3. The number of methoxy groups -OCH3 is 1. The molecular weight excluding hydrogens is 357 g/mol. The molecule has 2 saturated heterocycles. The third-order valence-corrected chi connectivity index (χ3v) is 5.77. The zero-order chi connectivity index (χ0) is 20.9. The van der Waals surface area contributed by atoms with E-state index in [4.69, 9.17) is 18.8 Å². The van der Waals surface area contributed by atoms with Crippen molar-refractivity contribution in [1.82, 2.24) is 4.90 Å². The van der Waals surface area contributed by atoms with Gasteiger partial charge in [-0.25, -0.2) is 4.79 Å². The number of carbonyl (C=O) groups excluding carboxylic acids is 1. The summed E-state index contributed by atoms with van der Waals surface area (Å²) < 4.78 is 23.4. The molecule has 2 aliphatic rings. The highest BCUT2D eigenvalue weighted by atomic mass is 16.7. The van der Waals surface area contributed by atoms with E-state index in [1.807, 2.05) is 66.7 Å². The van der Waals surface area contributed by atoms with Crippen LogP contribution < -0.4 is 10.2 Å². The number of hydrogen-bond donors (Lipinski definition) is 0. The maximum Gasteiger partial charge on any atom is 0.495 e. The Hall–Kier alpha value is -1.73. The quantitative estimate of drug-likeness (QED) is 0.743. The van der Waals surface area contributed by atoms with Crippen LogP contribution in [0.2, 0.25) is 0 Å². The Bertz CT molecular complexity index is 734. The molecule has 28 heavy (non-hydrogen) atoms. The molecule has 0 aliphatic carbocycles. The van der Waals surface area contributed by atoms with Gasteiger partial charge in [-0.15, -0.1) is 0 Å². The molecule has 7 heteroatoms. The second kappa shape index (κ2) is 6.96. The third kappa shape index (κ3) is 4.01. The monoisotopic (exact) mass is 389 g/mol. The van der Waals surface area contributed by atoms with Gasteiger partial charge in [-0.05, 0) is 71.6 Å². The lowest BCUT2D eigenvalue weighted by atomic mass is 9.71. The minimum absolute atomic E-state index is 0.191. The third-order valence-electron chi connectivity index (χ3n) is 5.77. The van der Waals surface area contributed by atoms with Crippen molar-refractivity contribution in [2.45, 2.75) is 71.2 Å². The lowest BCUT2D eigenvalue weighted by molar-refractivity contribution is 0.00578. The first-order valence-corrected chi connectivity index (χ1v) is 9.84. The first kappa shape index (κ1) is 21.0. The number of hydrogen-bond acceptors (Lipinski definition) is 5. The summed E-state index contributed by atoms with van der Waals surface area (Å²) in [6.07, 6.45) is -0.274. The zero-order valence-corrected chi connectivity index (χ0v) is 18.3. The molecule has 2 fully saturated rings. The molecule has 0 N–H and O–H groups in total. The van der Waals surface area contributed by atoms with Crippen LogP contribution in [0.15, 0.2) is 18.2 Å². The fraction of sp³-hybridized carbons (Fsp3) is 0.667. The van der Waals surface area contributed by atoms with E-state index in [-0.39, 0.29) is 12.0 Å². The average Bonchev–Trinajstić information content (AvgIpc) is 2.71. The van der Waals surface area contributed by atoms with Crippen LogP contribution >= 0.6 is 0 Å². The summed E-state index contributed by atoms with van der Waals surface area (Å²) in [5.74, 6) is 0.975. The van der Waals surface area contributed by atoms with Crippen molar-refractivity contribution >= 4 is 18.7 Å². The highest BCUT2D eigenvalue weighted by molar-refractivity contribution is 6.62. The fourth-order valence-corrected chi connectivity index (χ4v) is 3.37. The Labute approximate surface area is 168 Å². The smallest absolute Gasteiger partial charge is 0.495 e. The van der Waals surface area contributed by atoms with Gasteiger partial charge in [-0.1, -0.05) is 6.07 Å². The second-order valence-corrected chi connectivity index (χ2v) is 9.67. The van der Waals surface area contributed by atoms with Gasteiger partial charge in [0.15, 0.2) is 0 Å². The summed E-state index contributed by atoms with van der Waals surface area (Å²) >= 11 is 0. The molecule has 0 radical (unpaired) electrons. The summed E-state index contributed by atoms with van der Waals surface area (Å²) in [6, 6.07) is 5.96. The Morgan fingerprint density at radius 2 is 1.71 bits per heavy atom. The highest BCUT2D eigenvalue weighted by Crippen LogP contribution is 2.38. The molecule has 2 heterocycles. The number of likely N-dealkylation sites (tertiary alicyclic amines) is 1. The summed E-state index contributed by atoms with van der Waals surface area (Å²) in [5.41, 5.74) is 0.783. The Kier molecular flexibility index (Phi) is 5.22. The second-order valence-electron chi connectivity index (χ2n) is 9.67.